The van der Waals surface area contributed by atoms with Gasteiger partial charge in [0.05, 0.1) is 0 Å². The molecule has 0 unspecified atom stereocenters. The lowest BCUT2D eigenvalue weighted by molar-refractivity contribution is 0.112. The zero-order chi connectivity index (χ0) is 67.7. The Kier molecular flexibility index (Phi) is 21.9. The predicted octanol–water partition coefficient (Wildman–Crippen LogP) is 26.9. The van der Waals surface area contributed by atoms with Gasteiger partial charge in [-0.05, 0) is 357 Å². The Bertz CT molecular complexity index is 4520. The van der Waals surface area contributed by atoms with Crippen LogP contribution in [0.5, 0.6) is 0 Å². The van der Waals surface area contributed by atoms with Crippen molar-refractivity contribution in [2.24, 2.45) is 0 Å². The number of hydrogen-bond donors (Lipinski definition) is 0. The summed E-state index contributed by atoms with van der Waals surface area (Å²) in [5, 5.41) is -3.22. The van der Waals surface area contributed by atoms with Crippen LogP contribution >= 0.6 is 38.9 Å². The number of rotatable bonds is 15. The fourth-order valence-electron chi connectivity index (χ4n) is 12.4. The summed E-state index contributed by atoms with van der Waals surface area (Å²) >= 11 is 13.8. The van der Waals surface area contributed by atoms with Crippen LogP contribution in [0.3, 0.4) is 0 Å². The summed E-state index contributed by atoms with van der Waals surface area (Å²) in [5.41, 5.74) is 33.6. The van der Waals surface area contributed by atoms with E-state index >= 15 is 0 Å². The van der Waals surface area contributed by atoms with E-state index in [2.05, 4.69) is 378 Å². The van der Waals surface area contributed by atoms with Crippen LogP contribution in [0.4, 0.5) is 68.2 Å². The molecule has 0 aromatic heterocycles. The van der Waals surface area contributed by atoms with Gasteiger partial charge in [-0.25, -0.2) is 0 Å². The standard InChI is InChI=1S/C43H40N2O.C42H40N2.Cl3OP/c1-29-10-7-13-38(22-29)44(39-14-8-11-30(2)23-39)42-20-17-35(25-33(42)5)36-18-21-43(34(6)26-36)45(40-15-9-12-31(3)24-40)41-19-16-37(28-46)32(4)27-41;1-29-11-7-15-37(23-29)43(38-16-8-12-30(2)24-38)41-21-19-35(27-33(41)5)36-20-22-42(34(6)28-36)44(39-17-9-13-31(3)25-39)40-18-10-14-32(4)26-40;1-5(2,3)4/h7-28H,1-6H3;7-28H,1-6H3;. The largest absolute Gasteiger partial charge is 0.339 e. The molecule has 0 atom stereocenters. The van der Waals surface area contributed by atoms with Crippen LogP contribution in [0.1, 0.15) is 77.1 Å². The number of hydrogen-bond acceptors (Lipinski definition) is 6. The number of benzene rings is 12. The number of aryl methyl sites for hydroxylation is 12. The summed E-state index contributed by atoms with van der Waals surface area (Å²) < 4.78 is 9.51. The molecule has 0 amide bonds. The highest BCUT2D eigenvalue weighted by molar-refractivity contribution is 8.24. The molecule has 0 saturated carbocycles. The van der Waals surface area contributed by atoms with E-state index in [4.69, 9.17) is 0 Å². The van der Waals surface area contributed by atoms with Crippen LogP contribution < -0.4 is 19.6 Å². The highest BCUT2D eigenvalue weighted by Crippen LogP contribution is 2.61. The van der Waals surface area contributed by atoms with Crippen molar-refractivity contribution in [3.8, 4) is 22.3 Å². The maximum Gasteiger partial charge on any atom is 0.339 e. The first-order valence-electron chi connectivity index (χ1n) is 31.8. The van der Waals surface area contributed by atoms with Crippen molar-refractivity contribution in [1.29, 1.82) is 0 Å². The second kappa shape index (κ2) is 30.3. The minimum Gasteiger partial charge on any atom is -0.310 e. The zero-order valence-corrected chi connectivity index (χ0v) is 59.3. The molecule has 0 spiro atoms. The van der Waals surface area contributed by atoms with Gasteiger partial charge >= 0.3 is 5.20 Å². The van der Waals surface area contributed by atoms with Gasteiger partial charge in [0, 0.05) is 73.8 Å². The molecule has 0 saturated heterocycles. The van der Waals surface area contributed by atoms with Crippen molar-refractivity contribution in [2.75, 3.05) is 19.6 Å². The highest BCUT2D eigenvalue weighted by atomic mass is 36.0. The molecule has 0 bridgehead atoms. The van der Waals surface area contributed by atoms with Crippen molar-refractivity contribution in [3.63, 3.8) is 0 Å². The molecular weight excluding hydrogens is 1250 g/mol. The lowest BCUT2D eigenvalue weighted by Crippen LogP contribution is -2.12. The average molecular weight is 1330 g/mol. The van der Waals surface area contributed by atoms with Gasteiger partial charge in [-0.3, -0.25) is 9.36 Å². The Hall–Kier alpha value is -9.39. The Morgan fingerprint density at radius 1 is 0.253 bits per heavy atom. The number of carbonyl (C=O) groups excluding carboxylic acids is 1. The maximum atomic E-state index is 11.6. The third kappa shape index (κ3) is 17.1. The molecule has 12 rings (SSSR count). The van der Waals surface area contributed by atoms with Crippen LogP contribution in [0, 0.1) is 83.1 Å². The van der Waals surface area contributed by atoms with E-state index in [1.807, 2.05) is 19.1 Å². The van der Waals surface area contributed by atoms with E-state index in [-0.39, 0.29) is 0 Å². The molecule has 12 aromatic carbocycles. The fraction of sp³-hybridized carbons (Fsp3) is 0.141. The third-order valence-electron chi connectivity index (χ3n) is 16.9. The molecular formula is C85H80Cl3N4O2P. The van der Waals surface area contributed by atoms with E-state index in [9.17, 15) is 9.36 Å². The Morgan fingerprint density at radius 3 is 0.621 bits per heavy atom. The summed E-state index contributed by atoms with van der Waals surface area (Å²) in [6.45, 7) is 25.8. The zero-order valence-electron chi connectivity index (χ0n) is 56.1. The van der Waals surface area contributed by atoms with Crippen molar-refractivity contribution >= 4 is 113 Å². The van der Waals surface area contributed by atoms with E-state index in [1.54, 1.807) is 0 Å². The van der Waals surface area contributed by atoms with Gasteiger partial charge in [0.1, 0.15) is 6.29 Å². The number of anilines is 12. The molecule has 0 heterocycles. The van der Waals surface area contributed by atoms with Crippen molar-refractivity contribution < 1.29 is 9.36 Å². The first kappa shape index (κ1) is 68.5. The minimum atomic E-state index is -3.22. The Balaban J connectivity index is 0.000000193. The SMILES string of the molecule is Cc1cccc(N(c2cccc(C)c2)c2ccc(-c3ccc(N(c4cccc(C)c4)c4ccc(C=O)c(C)c4)c(C)c3)cc2C)c1.Cc1cccc(N(c2cccc(C)c2)c2ccc(-c3ccc(N(c4cccc(C)c4)c4cccc(C)c4)c(C)c3)cc2C)c1.O=P(Cl)(Cl)Cl. The molecule has 0 aliphatic heterocycles. The van der Waals surface area contributed by atoms with E-state index in [0.29, 0.717) is 5.56 Å². The molecule has 10 heteroatoms. The quantitative estimate of drug-likeness (QED) is 0.0753. The molecule has 12 aromatic rings. The van der Waals surface area contributed by atoms with Gasteiger partial charge in [0.25, 0.3) is 0 Å². The second-order valence-electron chi connectivity index (χ2n) is 24.8. The van der Waals surface area contributed by atoms with Gasteiger partial charge in [-0.1, -0.05) is 109 Å². The highest BCUT2D eigenvalue weighted by Gasteiger charge is 2.22. The Morgan fingerprint density at radius 2 is 0.453 bits per heavy atom. The third-order valence-corrected chi connectivity index (χ3v) is 16.9. The molecule has 0 radical (unpaired) electrons. The number of nitrogens with zero attached hydrogens (tertiary/aromatic N) is 4. The van der Waals surface area contributed by atoms with Crippen LogP contribution in [0.2, 0.25) is 0 Å². The van der Waals surface area contributed by atoms with E-state index < -0.39 is 5.20 Å². The van der Waals surface area contributed by atoms with Gasteiger partial charge < -0.3 is 19.6 Å². The van der Waals surface area contributed by atoms with Crippen LogP contribution in [-0.4, -0.2) is 6.29 Å². The summed E-state index contributed by atoms with van der Waals surface area (Å²) in [4.78, 5) is 20.9. The molecule has 95 heavy (non-hydrogen) atoms. The maximum absolute atomic E-state index is 11.6. The second-order valence-corrected chi connectivity index (χ2v) is 31.4. The molecule has 0 fully saturated rings. The number of halogens is 3. The van der Waals surface area contributed by atoms with E-state index in [1.165, 1.54) is 118 Å². The summed E-state index contributed by atoms with van der Waals surface area (Å²) in [7, 11) is 0. The smallest absolute Gasteiger partial charge is 0.310 e. The van der Waals surface area contributed by atoms with Gasteiger partial charge in [0.15, 0.2) is 0 Å². The van der Waals surface area contributed by atoms with Gasteiger partial charge in [-0.15, -0.1) is 0 Å². The normalized spacial score (nSPS) is 11.0. The fourth-order valence-corrected chi connectivity index (χ4v) is 12.4. The van der Waals surface area contributed by atoms with Crippen LogP contribution in [-0.2, 0) is 4.57 Å². The minimum absolute atomic E-state index is 0.710. The van der Waals surface area contributed by atoms with Crippen LogP contribution in [0.15, 0.2) is 261 Å². The number of carbonyl (C=O) groups is 1. The van der Waals surface area contributed by atoms with E-state index in [0.717, 1.165) is 46.0 Å². The molecule has 6 nitrogen and oxygen atoms in total. The monoisotopic (exact) mass is 1320 g/mol. The Labute approximate surface area is 577 Å². The average Bonchev–Trinajstić information content (AvgIpc) is 0.798. The lowest BCUT2D eigenvalue weighted by Gasteiger charge is -2.29. The summed E-state index contributed by atoms with van der Waals surface area (Å²) in [6, 6.07) is 94.1. The molecule has 0 N–H and O–H groups in total. The first-order valence-corrected chi connectivity index (χ1v) is 36.3. The topological polar surface area (TPSA) is 47.1 Å². The lowest BCUT2D eigenvalue weighted by atomic mass is 9.98. The molecule has 0 aliphatic carbocycles. The van der Waals surface area contributed by atoms with Crippen molar-refractivity contribution in [2.45, 2.75) is 83.1 Å². The molecule has 478 valence electrons. The van der Waals surface area contributed by atoms with Crippen LogP contribution in [0.25, 0.3) is 22.3 Å². The van der Waals surface area contributed by atoms with Crippen molar-refractivity contribution in [1.82, 2.24) is 0 Å². The van der Waals surface area contributed by atoms with Crippen molar-refractivity contribution in [3.05, 3.63) is 333 Å². The number of aldehydes is 1. The van der Waals surface area contributed by atoms with Gasteiger partial charge in [0.2, 0.25) is 0 Å². The summed E-state index contributed by atoms with van der Waals surface area (Å²) in [6.07, 6.45) is 0.921. The first-order chi connectivity index (χ1) is 45.5. The predicted molar refractivity (Wildman–Crippen MR) is 410 cm³/mol. The molecule has 0 aliphatic rings. The van der Waals surface area contributed by atoms with Gasteiger partial charge in [-0.2, -0.15) is 0 Å². The summed E-state index contributed by atoms with van der Waals surface area (Å²) in [5.74, 6) is 0.